The molecule has 0 spiro atoms. The fourth-order valence-electron chi connectivity index (χ4n) is 2.24. The van der Waals surface area contributed by atoms with Gasteiger partial charge in [0, 0.05) is 21.6 Å². The van der Waals surface area contributed by atoms with Crippen molar-refractivity contribution in [2.45, 2.75) is 6.18 Å². The van der Waals surface area contributed by atoms with Gasteiger partial charge in [0.15, 0.2) is 5.78 Å². The molecule has 1 aromatic carbocycles. The monoisotopic (exact) mass is 401 g/mol. The summed E-state index contributed by atoms with van der Waals surface area (Å²) in [6, 6.07) is 8.50. The molecule has 0 saturated carbocycles. The predicted octanol–water partition coefficient (Wildman–Crippen LogP) is 6.43. The highest BCUT2D eigenvalue weighted by Crippen LogP contribution is 2.37. The number of nitrogens with zero attached hydrogens (tertiary/aromatic N) is 1. The van der Waals surface area contributed by atoms with Crippen molar-refractivity contribution in [2.24, 2.45) is 0 Å². The third-order valence-corrected chi connectivity index (χ3v) is 4.80. The molecular formula is C17H8Cl2F3NOS. The number of rotatable bonds is 3. The quantitative estimate of drug-likeness (QED) is 0.373. The normalized spacial score (nSPS) is 12.6. The van der Waals surface area contributed by atoms with Gasteiger partial charge in [-0.05, 0) is 42.0 Å². The maximum absolute atomic E-state index is 13.4. The van der Waals surface area contributed by atoms with Crippen LogP contribution in [0.25, 0.3) is 15.8 Å². The molecule has 0 saturated heterocycles. The Morgan fingerprint density at radius 2 is 1.80 bits per heavy atom. The van der Waals surface area contributed by atoms with Crippen LogP contribution in [0.4, 0.5) is 13.2 Å². The molecule has 0 bridgehead atoms. The van der Waals surface area contributed by atoms with E-state index in [0.29, 0.717) is 16.3 Å². The second kappa shape index (κ2) is 6.78. The zero-order valence-electron chi connectivity index (χ0n) is 12.3. The Balaban J connectivity index is 2.07. The molecule has 8 heteroatoms. The molecular weight excluding hydrogens is 394 g/mol. The molecule has 0 N–H and O–H groups in total. The fraction of sp³-hybridized carbons (Fsp3) is 0.0588. The Morgan fingerprint density at radius 3 is 2.40 bits per heavy atom. The molecule has 2 aromatic heterocycles. The van der Waals surface area contributed by atoms with Crippen LogP contribution in [0.5, 0.6) is 0 Å². The van der Waals surface area contributed by atoms with E-state index < -0.39 is 17.5 Å². The van der Waals surface area contributed by atoms with Crippen molar-refractivity contribution in [2.75, 3.05) is 0 Å². The van der Waals surface area contributed by atoms with Crippen LogP contribution in [0.2, 0.25) is 10.0 Å². The first kappa shape index (κ1) is 17.9. The SMILES string of the molecule is O=C(C=C(c1cc(Cl)cc(Cl)c1)C(F)(F)F)c1cc2cccnc2s1. The van der Waals surface area contributed by atoms with Gasteiger partial charge in [-0.15, -0.1) is 11.3 Å². The molecule has 0 atom stereocenters. The molecule has 0 fully saturated rings. The minimum absolute atomic E-state index is 0.0520. The first-order valence-electron chi connectivity index (χ1n) is 6.88. The zero-order valence-corrected chi connectivity index (χ0v) is 14.6. The molecule has 25 heavy (non-hydrogen) atoms. The molecule has 0 aliphatic carbocycles. The fourth-order valence-corrected chi connectivity index (χ4v) is 3.67. The summed E-state index contributed by atoms with van der Waals surface area (Å²) in [4.78, 5) is 17.2. The number of aromatic nitrogens is 1. The number of pyridine rings is 1. The molecule has 2 nitrogen and oxygen atoms in total. The Kier molecular flexibility index (Phi) is 4.86. The highest BCUT2D eigenvalue weighted by Gasteiger charge is 2.35. The average molecular weight is 402 g/mol. The van der Waals surface area contributed by atoms with Crippen LogP contribution in [0.1, 0.15) is 15.2 Å². The molecule has 0 radical (unpaired) electrons. The Bertz CT molecular complexity index is 942. The van der Waals surface area contributed by atoms with Crippen LogP contribution >= 0.6 is 34.5 Å². The van der Waals surface area contributed by atoms with Gasteiger partial charge in [0.25, 0.3) is 0 Å². The molecule has 3 aromatic rings. The van der Waals surface area contributed by atoms with Gasteiger partial charge >= 0.3 is 6.18 Å². The lowest BCUT2D eigenvalue weighted by Crippen LogP contribution is -2.12. The van der Waals surface area contributed by atoms with Gasteiger partial charge < -0.3 is 0 Å². The number of carbonyl (C=O) groups is 1. The van der Waals surface area contributed by atoms with Crippen molar-refractivity contribution in [3.63, 3.8) is 0 Å². The number of hydrogen-bond donors (Lipinski definition) is 0. The lowest BCUT2D eigenvalue weighted by Gasteiger charge is -2.12. The highest BCUT2D eigenvalue weighted by atomic mass is 35.5. The number of hydrogen-bond acceptors (Lipinski definition) is 3. The van der Waals surface area contributed by atoms with E-state index in [0.717, 1.165) is 23.5 Å². The summed E-state index contributed by atoms with van der Waals surface area (Å²) in [6.45, 7) is 0. The number of benzene rings is 1. The molecule has 3 rings (SSSR count). The average Bonchev–Trinajstić information content (AvgIpc) is 2.94. The Hall–Kier alpha value is -1.89. The Morgan fingerprint density at radius 1 is 1.12 bits per heavy atom. The smallest absolute Gasteiger partial charge is 0.288 e. The minimum Gasteiger partial charge on any atom is -0.288 e. The summed E-state index contributed by atoms with van der Waals surface area (Å²) in [5, 5.41) is 0.802. The minimum atomic E-state index is -4.74. The summed E-state index contributed by atoms with van der Waals surface area (Å²) in [7, 11) is 0. The van der Waals surface area contributed by atoms with Gasteiger partial charge in [0.1, 0.15) is 4.83 Å². The van der Waals surface area contributed by atoms with Gasteiger partial charge in [-0.3, -0.25) is 4.79 Å². The maximum atomic E-state index is 13.4. The molecule has 128 valence electrons. The number of halogens is 5. The predicted molar refractivity (Wildman–Crippen MR) is 94.4 cm³/mol. The van der Waals surface area contributed by atoms with Crippen LogP contribution in [0.3, 0.4) is 0 Å². The van der Waals surface area contributed by atoms with Crippen molar-refractivity contribution >= 4 is 56.1 Å². The van der Waals surface area contributed by atoms with Crippen LogP contribution in [0.15, 0.2) is 48.7 Å². The highest BCUT2D eigenvalue weighted by molar-refractivity contribution is 7.20. The van der Waals surface area contributed by atoms with Gasteiger partial charge in [-0.1, -0.05) is 29.3 Å². The van der Waals surface area contributed by atoms with E-state index in [4.69, 9.17) is 23.2 Å². The first-order valence-corrected chi connectivity index (χ1v) is 8.45. The van der Waals surface area contributed by atoms with Crippen LogP contribution < -0.4 is 0 Å². The van der Waals surface area contributed by atoms with E-state index in [2.05, 4.69) is 4.98 Å². The lowest BCUT2D eigenvalue weighted by molar-refractivity contribution is -0.0689. The second-order valence-corrected chi connectivity index (χ2v) is 6.99. The van der Waals surface area contributed by atoms with Crippen molar-refractivity contribution in [3.05, 3.63) is 69.2 Å². The van der Waals surface area contributed by atoms with E-state index in [9.17, 15) is 18.0 Å². The van der Waals surface area contributed by atoms with Crippen molar-refractivity contribution in [1.82, 2.24) is 4.98 Å². The Labute approximate surface area is 154 Å². The molecule has 0 aliphatic rings. The summed E-state index contributed by atoms with van der Waals surface area (Å²) < 4.78 is 40.3. The largest absolute Gasteiger partial charge is 0.417 e. The molecule has 0 amide bonds. The van der Waals surface area contributed by atoms with E-state index in [1.807, 2.05) is 0 Å². The van der Waals surface area contributed by atoms with Crippen molar-refractivity contribution in [3.8, 4) is 0 Å². The third-order valence-electron chi connectivity index (χ3n) is 3.29. The lowest BCUT2D eigenvalue weighted by atomic mass is 10.0. The van der Waals surface area contributed by atoms with Gasteiger partial charge in [-0.25, -0.2) is 4.98 Å². The number of thiophene rings is 1. The maximum Gasteiger partial charge on any atom is 0.417 e. The van der Waals surface area contributed by atoms with Crippen molar-refractivity contribution < 1.29 is 18.0 Å². The van der Waals surface area contributed by atoms with Crippen LogP contribution in [-0.4, -0.2) is 16.9 Å². The molecule has 0 aliphatic heterocycles. The van der Waals surface area contributed by atoms with Gasteiger partial charge in [0.2, 0.25) is 0 Å². The van der Waals surface area contributed by atoms with Crippen molar-refractivity contribution in [1.29, 1.82) is 0 Å². The zero-order chi connectivity index (χ0) is 18.2. The second-order valence-electron chi connectivity index (χ2n) is 5.09. The summed E-state index contributed by atoms with van der Waals surface area (Å²) in [5.74, 6) is -0.758. The summed E-state index contributed by atoms with van der Waals surface area (Å²) in [6.07, 6.45) is -2.62. The standard InChI is InChI=1S/C17H8Cl2F3NOS/c18-11-4-10(5-12(19)7-11)13(17(20,21)22)8-14(24)15-6-9-2-1-3-23-16(9)25-15/h1-8H. The number of fused-ring (bicyclic) bond motifs is 1. The number of ketones is 1. The first-order chi connectivity index (χ1) is 11.7. The summed E-state index contributed by atoms with van der Waals surface area (Å²) in [5.41, 5.74) is -1.37. The topological polar surface area (TPSA) is 30.0 Å². The molecule has 2 heterocycles. The third kappa shape index (κ3) is 4.03. The number of alkyl halides is 3. The van der Waals surface area contributed by atoms with E-state index in [1.165, 1.54) is 12.1 Å². The van der Waals surface area contributed by atoms with Gasteiger partial charge in [0.05, 0.1) is 10.5 Å². The summed E-state index contributed by atoms with van der Waals surface area (Å²) >= 11 is 12.6. The molecule has 0 unspecified atom stereocenters. The van der Waals surface area contributed by atoms with E-state index >= 15 is 0 Å². The van der Waals surface area contributed by atoms with Crippen LogP contribution in [-0.2, 0) is 0 Å². The number of allylic oxidation sites excluding steroid dienone is 2. The van der Waals surface area contributed by atoms with E-state index in [-0.39, 0.29) is 20.5 Å². The van der Waals surface area contributed by atoms with E-state index in [1.54, 1.807) is 18.3 Å². The van der Waals surface area contributed by atoms with Crippen LogP contribution in [0, 0.1) is 0 Å². The number of carbonyl (C=O) groups excluding carboxylic acids is 1. The van der Waals surface area contributed by atoms with Gasteiger partial charge in [-0.2, -0.15) is 13.2 Å².